The van der Waals surface area contributed by atoms with Crippen molar-refractivity contribution in [1.29, 1.82) is 0 Å². The van der Waals surface area contributed by atoms with Crippen LogP contribution in [0.2, 0.25) is 10.0 Å². The second-order valence-corrected chi connectivity index (χ2v) is 5.31. The average Bonchev–Trinajstić information content (AvgIpc) is 2.41. The molecule has 0 spiro atoms. The summed E-state index contributed by atoms with van der Waals surface area (Å²) in [5, 5.41) is 4.48. The van der Waals surface area contributed by atoms with Gasteiger partial charge in [0.05, 0.1) is 21.8 Å². The Hall–Kier alpha value is -1.09. The van der Waals surface area contributed by atoms with Gasteiger partial charge in [0.25, 0.3) is 0 Å². The lowest BCUT2D eigenvalue weighted by Gasteiger charge is -2.18. The topological polar surface area (TPSA) is 24.9 Å². The number of hydrogen-bond acceptors (Lipinski definition) is 2. The fourth-order valence-electron chi connectivity index (χ4n) is 2.10. The summed E-state index contributed by atoms with van der Waals surface area (Å²) in [5.74, 6) is 0. The number of likely N-dealkylation sites (N-methyl/N-ethyl adjacent to an activating group) is 1. The number of nitrogens with zero attached hydrogens (tertiary/aromatic N) is 1. The van der Waals surface area contributed by atoms with Crippen LogP contribution in [0.3, 0.4) is 0 Å². The van der Waals surface area contributed by atoms with E-state index in [-0.39, 0.29) is 6.04 Å². The third-order valence-electron chi connectivity index (χ3n) is 3.15. The summed E-state index contributed by atoms with van der Waals surface area (Å²) in [6.45, 7) is 2.07. The number of hydrogen-bond donors (Lipinski definition) is 1. The number of rotatable bonds is 4. The van der Waals surface area contributed by atoms with Crippen molar-refractivity contribution in [2.24, 2.45) is 0 Å². The van der Waals surface area contributed by atoms with Crippen LogP contribution in [0.25, 0.3) is 0 Å². The van der Waals surface area contributed by atoms with Gasteiger partial charge in [-0.25, -0.2) is 0 Å². The summed E-state index contributed by atoms with van der Waals surface area (Å²) in [4.78, 5) is 4.46. The number of aromatic nitrogens is 1. The number of pyridine rings is 1. The van der Waals surface area contributed by atoms with Gasteiger partial charge in [-0.1, -0.05) is 35.3 Å². The number of aryl methyl sites for hydroxylation is 1. The molecular formula is C15H16Cl2N2. The second kappa shape index (κ2) is 6.38. The van der Waals surface area contributed by atoms with Gasteiger partial charge in [0.2, 0.25) is 0 Å². The van der Waals surface area contributed by atoms with Gasteiger partial charge in [0, 0.05) is 6.20 Å². The van der Waals surface area contributed by atoms with Crippen LogP contribution in [-0.2, 0) is 6.42 Å². The van der Waals surface area contributed by atoms with E-state index in [1.54, 1.807) is 0 Å². The van der Waals surface area contributed by atoms with E-state index in [1.165, 1.54) is 5.56 Å². The third-order valence-corrected chi connectivity index (χ3v) is 3.89. The highest BCUT2D eigenvalue weighted by molar-refractivity contribution is 6.42. The minimum absolute atomic E-state index is 0.165. The van der Waals surface area contributed by atoms with E-state index in [0.717, 1.165) is 17.7 Å². The molecule has 4 heteroatoms. The highest BCUT2D eigenvalue weighted by Gasteiger charge is 2.14. The van der Waals surface area contributed by atoms with Crippen molar-refractivity contribution in [3.05, 3.63) is 63.4 Å². The van der Waals surface area contributed by atoms with Gasteiger partial charge in [-0.15, -0.1) is 0 Å². The van der Waals surface area contributed by atoms with Crippen LogP contribution in [0, 0.1) is 6.92 Å². The predicted octanol–water partition coefficient (Wildman–Crippen LogP) is 4.20. The molecule has 0 bridgehead atoms. The van der Waals surface area contributed by atoms with E-state index in [2.05, 4.69) is 23.3 Å². The summed E-state index contributed by atoms with van der Waals surface area (Å²) in [7, 11) is 1.94. The Morgan fingerprint density at radius 2 is 2.00 bits per heavy atom. The molecule has 0 aliphatic rings. The fraction of sp³-hybridized carbons (Fsp3) is 0.267. The third kappa shape index (κ3) is 3.47. The highest BCUT2D eigenvalue weighted by atomic mass is 35.5. The average molecular weight is 295 g/mol. The number of halogens is 2. The molecule has 1 heterocycles. The second-order valence-electron chi connectivity index (χ2n) is 4.50. The SMILES string of the molecule is CNC(Cc1ccc(Cl)c(Cl)c1)c1ncccc1C. The summed E-state index contributed by atoms with van der Waals surface area (Å²) in [6.07, 6.45) is 2.65. The molecule has 1 unspecified atom stereocenters. The lowest BCUT2D eigenvalue weighted by atomic mass is 10.0. The lowest BCUT2D eigenvalue weighted by Crippen LogP contribution is -2.21. The molecule has 0 aliphatic heterocycles. The van der Waals surface area contributed by atoms with Gasteiger partial charge in [-0.2, -0.15) is 0 Å². The molecule has 0 radical (unpaired) electrons. The Kier molecular flexibility index (Phi) is 4.81. The van der Waals surface area contributed by atoms with Gasteiger partial charge in [0.15, 0.2) is 0 Å². The van der Waals surface area contributed by atoms with Crippen molar-refractivity contribution >= 4 is 23.2 Å². The first-order valence-electron chi connectivity index (χ1n) is 6.14. The zero-order chi connectivity index (χ0) is 13.8. The van der Waals surface area contributed by atoms with Gasteiger partial charge < -0.3 is 5.32 Å². The Balaban J connectivity index is 2.24. The first-order valence-corrected chi connectivity index (χ1v) is 6.90. The molecule has 100 valence electrons. The maximum atomic E-state index is 6.05. The van der Waals surface area contributed by atoms with Crippen molar-refractivity contribution < 1.29 is 0 Å². The standard InChI is InChI=1S/C15H16Cl2N2/c1-10-4-3-7-19-15(10)14(18-2)9-11-5-6-12(16)13(17)8-11/h3-8,14,18H,9H2,1-2H3. The molecule has 0 aliphatic carbocycles. The summed E-state index contributed by atoms with van der Waals surface area (Å²) >= 11 is 12.0. The van der Waals surface area contributed by atoms with E-state index in [4.69, 9.17) is 23.2 Å². The molecule has 1 aromatic carbocycles. The Morgan fingerprint density at radius 1 is 1.21 bits per heavy atom. The molecule has 2 rings (SSSR count). The smallest absolute Gasteiger partial charge is 0.0605 e. The van der Waals surface area contributed by atoms with Crippen molar-refractivity contribution in [2.45, 2.75) is 19.4 Å². The van der Waals surface area contributed by atoms with E-state index in [1.807, 2.05) is 37.5 Å². The van der Waals surface area contributed by atoms with Crippen molar-refractivity contribution in [3.63, 3.8) is 0 Å². The van der Waals surface area contributed by atoms with Gasteiger partial charge in [-0.3, -0.25) is 4.98 Å². The normalized spacial score (nSPS) is 12.4. The minimum Gasteiger partial charge on any atom is -0.311 e. The molecule has 0 fully saturated rings. The van der Waals surface area contributed by atoms with E-state index < -0.39 is 0 Å². The van der Waals surface area contributed by atoms with Gasteiger partial charge in [0.1, 0.15) is 0 Å². The molecule has 0 saturated heterocycles. The van der Waals surface area contributed by atoms with Crippen LogP contribution in [0.4, 0.5) is 0 Å². The molecule has 1 N–H and O–H groups in total. The summed E-state index contributed by atoms with van der Waals surface area (Å²) < 4.78 is 0. The highest BCUT2D eigenvalue weighted by Crippen LogP contribution is 2.25. The molecule has 19 heavy (non-hydrogen) atoms. The zero-order valence-corrected chi connectivity index (χ0v) is 12.5. The monoisotopic (exact) mass is 294 g/mol. The predicted molar refractivity (Wildman–Crippen MR) is 80.9 cm³/mol. The quantitative estimate of drug-likeness (QED) is 0.914. The largest absolute Gasteiger partial charge is 0.311 e. The van der Waals surface area contributed by atoms with Crippen LogP contribution >= 0.6 is 23.2 Å². The van der Waals surface area contributed by atoms with Gasteiger partial charge in [-0.05, 0) is 49.7 Å². The Morgan fingerprint density at radius 3 is 2.63 bits per heavy atom. The molecule has 0 saturated carbocycles. The van der Waals surface area contributed by atoms with Crippen molar-refractivity contribution in [2.75, 3.05) is 7.05 Å². The summed E-state index contributed by atoms with van der Waals surface area (Å²) in [6, 6.07) is 9.92. The zero-order valence-electron chi connectivity index (χ0n) is 11.0. The first kappa shape index (κ1) is 14.3. The molecule has 0 amide bonds. The fourth-order valence-corrected chi connectivity index (χ4v) is 2.42. The van der Waals surface area contributed by atoms with Crippen LogP contribution in [0.15, 0.2) is 36.5 Å². The Labute approximate surface area is 123 Å². The molecule has 2 aromatic rings. The Bertz CT molecular complexity index is 570. The van der Waals surface area contributed by atoms with Crippen LogP contribution in [0.5, 0.6) is 0 Å². The van der Waals surface area contributed by atoms with Crippen LogP contribution < -0.4 is 5.32 Å². The van der Waals surface area contributed by atoms with Crippen molar-refractivity contribution in [1.82, 2.24) is 10.3 Å². The van der Waals surface area contributed by atoms with E-state index >= 15 is 0 Å². The maximum Gasteiger partial charge on any atom is 0.0605 e. The minimum atomic E-state index is 0.165. The molecular weight excluding hydrogens is 279 g/mol. The van der Waals surface area contributed by atoms with Crippen molar-refractivity contribution in [3.8, 4) is 0 Å². The molecule has 2 nitrogen and oxygen atoms in total. The van der Waals surface area contributed by atoms with Crippen LogP contribution in [0.1, 0.15) is 22.9 Å². The number of nitrogens with one attached hydrogen (secondary N) is 1. The van der Waals surface area contributed by atoms with Gasteiger partial charge >= 0.3 is 0 Å². The van der Waals surface area contributed by atoms with Crippen LogP contribution in [-0.4, -0.2) is 12.0 Å². The molecule has 1 atom stereocenters. The number of benzene rings is 1. The van der Waals surface area contributed by atoms with E-state index in [0.29, 0.717) is 10.0 Å². The maximum absolute atomic E-state index is 6.05. The lowest BCUT2D eigenvalue weighted by molar-refractivity contribution is 0.572. The van der Waals surface area contributed by atoms with E-state index in [9.17, 15) is 0 Å². The molecule has 1 aromatic heterocycles. The summed E-state index contributed by atoms with van der Waals surface area (Å²) in [5.41, 5.74) is 3.39. The first-order chi connectivity index (χ1) is 9.11.